The number of hydrogen-bond acceptors (Lipinski definition) is 8. The third-order valence-electron chi connectivity index (χ3n) is 8.77. The van der Waals surface area contributed by atoms with Gasteiger partial charge in [0.15, 0.2) is 11.6 Å². The molecule has 0 bridgehead atoms. The van der Waals surface area contributed by atoms with Gasteiger partial charge in [-0.3, -0.25) is 4.90 Å². The monoisotopic (exact) mass is 608 g/mol. The lowest BCUT2D eigenvalue weighted by Gasteiger charge is -2.26. The number of aromatic amines is 2. The Morgan fingerprint density at radius 1 is 0.978 bits per heavy atom. The van der Waals surface area contributed by atoms with E-state index in [0.717, 1.165) is 62.2 Å². The van der Waals surface area contributed by atoms with E-state index in [4.69, 9.17) is 9.47 Å². The van der Waals surface area contributed by atoms with Crippen molar-refractivity contribution in [3.05, 3.63) is 101 Å². The predicted octanol–water partition coefficient (Wildman–Crippen LogP) is 5.52. The number of carbonyl (C=O) groups is 1. The zero-order chi connectivity index (χ0) is 31.0. The minimum atomic E-state index is -0.486. The lowest BCUT2D eigenvalue weighted by molar-refractivity contribution is 0.0527. The SMILES string of the molecule is CCOC(=O)c1ccccc1-c1cc(F)ccc1Oc1cncnc1N1CCC2(CCN(Cc3ccc4[nH]c(=O)[nH]c4c3)C2)C1. The van der Waals surface area contributed by atoms with Crippen molar-refractivity contribution in [2.24, 2.45) is 5.41 Å². The van der Waals surface area contributed by atoms with Crippen LogP contribution in [0.1, 0.15) is 35.7 Å². The van der Waals surface area contributed by atoms with Crippen LogP contribution in [0.2, 0.25) is 0 Å². The van der Waals surface area contributed by atoms with Crippen LogP contribution in [0.25, 0.3) is 22.2 Å². The molecule has 1 atom stereocenters. The summed E-state index contributed by atoms with van der Waals surface area (Å²) in [6.07, 6.45) is 5.23. The summed E-state index contributed by atoms with van der Waals surface area (Å²) in [5.41, 5.74) is 3.99. The molecule has 10 nitrogen and oxygen atoms in total. The molecule has 2 saturated heterocycles. The number of anilines is 1. The Morgan fingerprint density at radius 3 is 2.71 bits per heavy atom. The van der Waals surface area contributed by atoms with Gasteiger partial charge in [0.25, 0.3) is 0 Å². The van der Waals surface area contributed by atoms with Crippen LogP contribution in [0.4, 0.5) is 10.2 Å². The molecule has 7 rings (SSSR count). The molecule has 2 aliphatic heterocycles. The molecular formula is C34H33FN6O4. The van der Waals surface area contributed by atoms with Crippen LogP contribution in [0.15, 0.2) is 78.0 Å². The molecule has 11 heteroatoms. The Kier molecular flexibility index (Phi) is 7.54. The Morgan fingerprint density at radius 2 is 1.82 bits per heavy atom. The number of likely N-dealkylation sites (tertiary alicyclic amines) is 1. The van der Waals surface area contributed by atoms with Crippen LogP contribution in [-0.2, 0) is 11.3 Å². The Balaban J connectivity index is 1.10. The summed E-state index contributed by atoms with van der Waals surface area (Å²) in [5.74, 6) is 0.579. The molecule has 230 valence electrons. The molecule has 2 N–H and O–H groups in total. The highest BCUT2D eigenvalue weighted by molar-refractivity contribution is 5.98. The maximum Gasteiger partial charge on any atom is 0.338 e. The van der Waals surface area contributed by atoms with Crippen LogP contribution in [0.3, 0.4) is 0 Å². The second-order valence-electron chi connectivity index (χ2n) is 11.8. The molecule has 3 aromatic carbocycles. The van der Waals surface area contributed by atoms with Crippen molar-refractivity contribution in [3.63, 3.8) is 0 Å². The van der Waals surface area contributed by atoms with Crippen molar-refractivity contribution in [3.8, 4) is 22.6 Å². The molecule has 0 saturated carbocycles. The number of ether oxygens (including phenoxy) is 2. The molecule has 0 amide bonds. The molecule has 2 fully saturated rings. The first-order valence-electron chi connectivity index (χ1n) is 15.1. The van der Waals surface area contributed by atoms with Crippen molar-refractivity contribution in [2.75, 3.05) is 37.7 Å². The van der Waals surface area contributed by atoms with Crippen LogP contribution in [0.5, 0.6) is 11.5 Å². The molecule has 4 heterocycles. The van der Waals surface area contributed by atoms with E-state index in [1.807, 2.05) is 12.1 Å². The van der Waals surface area contributed by atoms with Crippen molar-refractivity contribution in [1.29, 1.82) is 0 Å². The summed E-state index contributed by atoms with van der Waals surface area (Å²) in [7, 11) is 0. The van der Waals surface area contributed by atoms with E-state index in [1.54, 1.807) is 43.5 Å². The highest BCUT2D eigenvalue weighted by Crippen LogP contribution is 2.44. The highest BCUT2D eigenvalue weighted by Gasteiger charge is 2.44. The Bertz CT molecular complexity index is 1940. The molecule has 0 aliphatic carbocycles. The molecule has 1 spiro atoms. The van der Waals surface area contributed by atoms with E-state index in [9.17, 15) is 14.0 Å². The Labute approximate surface area is 258 Å². The lowest BCUT2D eigenvalue weighted by atomic mass is 9.86. The fraction of sp³-hybridized carbons (Fsp3) is 0.294. The standard InChI is InChI=1S/C34H33FN6O4/c1-2-44-32(42)25-6-4-3-5-24(25)26-16-23(35)8-10-29(26)45-30-17-36-21-37-31(30)41-14-12-34(20-41)11-13-40(19-34)18-22-7-9-27-28(15-22)39-33(43)38-27/h3-10,15-17,21H,2,11-14,18-20H2,1H3,(H2,38,39,43). The van der Waals surface area contributed by atoms with Gasteiger partial charge in [-0.25, -0.2) is 23.9 Å². The number of carbonyl (C=O) groups excluding carboxylic acids is 1. The molecule has 5 aromatic rings. The van der Waals surface area contributed by atoms with Crippen molar-refractivity contribution in [1.82, 2.24) is 24.8 Å². The minimum absolute atomic E-state index is 0.119. The summed E-state index contributed by atoms with van der Waals surface area (Å²) >= 11 is 0. The number of nitrogens with one attached hydrogen (secondary N) is 2. The van der Waals surface area contributed by atoms with E-state index >= 15 is 0 Å². The van der Waals surface area contributed by atoms with Gasteiger partial charge in [0.05, 0.1) is 29.4 Å². The van der Waals surface area contributed by atoms with Crippen LogP contribution in [-0.4, -0.2) is 63.6 Å². The number of benzene rings is 3. The summed E-state index contributed by atoms with van der Waals surface area (Å²) < 4.78 is 26.2. The van der Waals surface area contributed by atoms with Gasteiger partial charge in [-0.2, -0.15) is 0 Å². The van der Waals surface area contributed by atoms with E-state index in [0.29, 0.717) is 34.0 Å². The van der Waals surface area contributed by atoms with Gasteiger partial charge in [0, 0.05) is 37.2 Å². The summed E-state index contributed by atoms with van der Waals surface area (Å²) in [6.45, 7) is 6.37. The predicted molar refractivity (Wildman–Crippen MR) is 168 cm³/mol. The molecular weight excluding hydrogens is 575 g/mol. The van der Waals surface area contributed by atoms with Crippen molar-refractivity contribution in [2.45, 2.75) is 26.3 Å². The van der Waals surface area contributed by atoms with Gasteiger partial charge in [0.1, 0.15) is 17.9 Å². The molecule has 2 aromatic heterocycles. The zero-order valence-electron chi connectivity index (χ0n) is 24.9. The van der Waals surface area contributed by atoms with Gasteiger partial charge in [0.2, 0.25) is 0 Å². The topological polar surface area (TPSA) is 116 Å². The highest BCUT2D eigenvalue weighted by atomic mass is 19.1. The van der Waals surface area contributed by atoms with Crippen molar-refractivity contribution >= 4 is 22.8 Å². The average Bonchev–Trinajstić information content (AvgIpc) is 3.75. The number of rotatable bonds is 8. The number of esters is 1. The fourth-order valence-electron chi connectivity index (χ4n) is 6.69. The summed E-state index contributed by atoms with van der Waals surface area (Å²) in [5, 5.41) is 0. The normalized spacial score (nSPS) is 18.2. The number of halogens is 1. The van der Waals surface area contributed by atoms with Crippen LogP contribution < -0.4 is 15.3 Å². The van der Waals surface area contributed by atoms with Crippen LogP contribution >= 0.6 is 0 Å². The van der Waals surface area contributed by atoms with E-state index < -0.39 is 11.8 Å². The van der Waals surface area contributed by atoms with E-state index in [-0.39, 0.29) is 17.7 Å². The lowest BCUT2D eigenvalue weighted by Crippen LogP contribution is -2.31. The second kappa shape index (κ2) is 11.8. The van der Waals surface area contributed by atoms with Crippen molar-refractivity contribution < 1.29 is 18.7 Å². The number of H-pyrrole nitrogens is 2. The maximum absolute atomic E-state index is 14.6. The Hall–Kier alpha value is -5.03. The smallest absolute Gasteiger partial charge is 0.338 e. The third-order valence-corrected chi connectivity index (χ3v) is 8.77. The molecule has 0 radical (unpaired) electrons. The van der Waals surface area contributed by atoms with Gasteiger partial charge < -0.3 is 24.3 Å². The van der Waals surface area contributed by atoms with Gasteiger partial charge >= 0.3 is 11.7 Å². The molecule has 45 heavy (non-hydrogen) atoms. The van der Waals surface area contributed by atoms with Gasteiger partial charge in [-0.05, 0) is 73.8 Å². The van der Waals surface area contributed by atoms with E-state index in [1.165, 1.54) is 18.5 Å². The quantitative estimate of drug-likeness (QED) is 0.221. The number of aromatic nitrogens is 4. The average molecular weight is 609 g/mol. The van der Waals surface area contributed by atoms with Gasteiger partial charge in [-0.15, -0.1) is 0 Å². The minimum Gasteiger partial charge on any atom is -0.462 e. The number of fused-ring (bicyclic) bond motifs is 1. The molecule has 2 aliphatic rings. The largest absolute Gasteiger partial charge is 0.462 e. The molecule has 1 unspecified atom stereocenters. The number of nitrogens with zero attached hydrogens (tertiary/aromatic N) is 4. The van der Waals surface area contributed by atoms with E-state index in [2.05, 4.69) is 35.8 Å². The summed E-state index contributed by atoms with van der Waals surface area (Å²) in [6, 6.07) is 17.3. The summed E-state index contributed by atoms with van der Waals surface area (Å²) in [4.78, 5) is 43.6. The fourth-order valence-corrected chi connectivity index (χ4v) is 6.69. The van der Waals surface area contributed by atoms with Gasteiger partial charge in [-0.1, -0.05) is 24.3 Å². The number of imidazole rings is 1. The maximum atomic E-state index is 14.6. The first-order valence-corrected chi connectivity index (χ1v) is 15.1. The number of hydrogen-bond donors (Lipinski definition) is 2. The van der Waals surface area contributed by atoms with Crippen LogP contribution in [0, 0.1) is 11.2 Å². The first-order chi connectivity index (χ1) is 21.9. The first kappa shape index (κ1) is 28.7. The second-order valence-corrected chi connectivity index (χ2v) is 11.8. The third kappa shape index (κ3) is 5.78. The zero-order valence-corrected chi connectivity index (χ0v) is 24.9.